The zero-order valence-electron chi connectivity index (χ0n) is 20.3. The summed E-state index contributed by atoms with van der Waals surface area (Å²) in [6.45, 7) is 4.39. The van der Waals surface area contributed by atoms with Crippen LogP contribution in [-0.4, -0.2) is 46.4 Å². The minimum atomic E-state index is -5.04. The molecule has 0 unspecified atom stereocenters. The monoisotopic (exact) mass is 501 g/mol. The van der Waals surface area contributed by atoms with Crippen LogP contribution in [0.15, 0.2) is 60.9 Å². The van der Waals surface area contributed by atoms with Crippen LogP contribution in [0.4, 0.5) is 13.2 Å². The number of hydrogen-bond donors (Lipinski definition) is 1. The average molecular weight is 502 g/mol. The highest BCUT2D eigenvalue weighted by molar-refractivity contribution is 5.75. The van der Waals surface area contributed by atoms with Gasteiger partial charge in [0.15, 0.2) is 0 Å². The summed E-state index contributed by atoms with van der Waals surface area (Å²) in [6, 6.07) is 15.2. The van der Waals surface area contributed by atoms with E-state index in [0.29, 0.717) is 18.6 Å². The fourth-order valence-corrected chi connectivity index (χ4v) is 4.40. The standard InChI is InChI=1S/C27H30F3N3O3/c1-26(2)12-10-22(11-13-26)33(36-25(34)27(28,29)30)16-17-35-23-8-6-19(7-9-23)20-4-3-5-21(18-20)24-31-14-15-32-24/h3-9,14-15,18,22H,10-13,16-17H2,1-2H3,(H,31,32). The Bertz CT molecular complexity index is 1140. The van der Waals surface area contributed by atoms with Crippen molar-refractivity contribution >= 4 is 5.97 Å². The lowest BCUT2D eigenvalue weighted by molar-refractivity contribution is -0.250. The Kier molecular flexibility index (Phi) is 7.68. The first-order valence-electron chi connectivity index (χ1n) is 12.0. The molecular formula is C27H30F3N3O3. The lowest BCUT2D eigenvalue weighted by atomic mass is 9.75. The van der Waals surface area contributed by atoms with Gasteiger partial charge < -0.3 is 14.6 Å². The minimum absolute atomic E-state index is 0.0415. The van der Waals surface area contributed by atoms with Crippen LogP contribution in [0.25, 0.3) is 22.5 Å². The third-order valence-electron chi connectivity index (χ3n) is 6.55. The maximum absolute atomic E-state index is 12.8. The fraction of sp³-hybridized carbons (Fsp3) is 0.407. The van der Waals surface area contributed by atoms with Crippen molar-refractivity contribution in [1.29, 1.82) is 0 Å². The van der Waals surface area contributed by atoms with Crippen molar-refractivity contribution in [1.82, 2.24) is 15.0 Å². The van der Waals surface area contributed by atoms with Gasteiger partial charge in [-0.3, -0.25) is 0 Å². The molecule has 1 aliphatic rings. The largest absolute Gasteiger partial charge is 0.492 e. The first-order chi connectivity index (χ1) is 17.1. The molecule has 36 heavy (non-hydrogen) atoms. The molecule has 1 heterocycles. The molecule has 0 aliphatic heterocycles. The van der Waals surface area contributed by atoms with Crippen LogP contribution in [-0.2, 0) is 9.63 Å². The van der Waals surface area contributed by atoms with E-state index in [2.05, 4.69) is 23.8 Å². The summed E-state index contributed by atoms with van der Waals surface area (Å²) in [5.41, 5.74) is 3.10. The molecule has 0 radical (unpaired) electrons. The van der Waals surface area contributed by atoms with Crippen molar-refractivity contribution in [3.8, 4) is 28.3 Å². The van der Waals surface area contributed by atoms with Crippen LogP contribution < -0.4 is 4.74 Å². The minimum Gasteiger partial charge on any atom is -0.492 e. The number of benzene rings is 2. The molecular weight excluding hydrogens is 471 g/mol. The van der Waals surface area contributed by atoms with Crippen LogP contribution in [0, 0.1) is 5.41 Å². The number of nitrogens with zero attached hydrogens (tertiary/aromatic N) is 2. The molecule has 1 N–H and O–H groups in total. The van der Waals surface area contributed by atoms with E-state index in [1.54, 1.807) is 12.4 Å². The number of rotatable bonds is 8. The van der Waals surface area contributed by atoms with E-state index in [1.165, 1.54) is 0 Å². The van der Waals surface area contributed by atoms with Gasteiger partial charge in [-0.15, -0.1) is 5.06 Å². The smallest absolute Gasteiger partial charge is 0.492 e. The summed E-state index contributed by atoms with van der Waals surface area (Å²) in [7, 11) is 0. The molecule has 2 aromatic carbocycles. The molecule has 1 aromatic heterocycles. The molecule has 3 aromatic rings. The number of imidazole rings is 1. The van der Waals surface area contributed by atoms with E-state index in [-0.39, 0.29) is 24.6 Å². The summed E-state index contributed by atoms with van der Waals surface area (Å²) in [6.07, 6.45) is 1.44. The molecule has 4 rings (SSSR count). The van der Waals surface area contributed by atoms with Crippen molar-refractivity contribution in [2.24, 2.45) is 5.41 Å². The van der Waals surface area contributed by atoms with Gasteiger partial charge in [0.25, 0.3) is 0 Å². The van der Waals surface area contributed by atoms with E-state index in [0.717, 1.165) is 40.4 Å². The molecule has 0 amide bonds. The number of H-pyrrole nitrogens is 1. The molecule has 1 aliphatic carbocycles. The topological polar surface area (TPSA) is 67.4 Å². The quantitative estimate of drug-likeness (QED) is 0.361. The second kappa shape index (κ2) is 10.7. The first kappa shape index (κ1) is 25.8. The van der Waals surface area contributed by atoms with E-state index in [4.69, 9.17) is 9.57 Å². The summed E-state index contributed by atoms with van der Waals surface area (Å²) >= 11 is 0. The van der Waals surface area contributed by atoms with E-state index in [9.17, 15) is 18.0 Å². The van der Waals surface area contributed by atoms with Crippen molar-refractivity contribution in [3.05, 3.63) is 60.9 Å². The number of aromatic nitrogens is 2. The Morgan fingerprint density at radius 1 is 1.08 bits per heavy atom. The average Bonchev–Trinajstić information content (AvgIpc) is 3.39. The Morgan fingerprint density at radius 2 is 1.78 bits per heavy atom. The summed E-state index contributed by atoms with van der Waals surface area (Å²) in [5.74, 6) is -0.838. The predicted octanol–water partition coefficient (Wildman–Crippen LogP) is 6.41. The molecule has 1 saturated carbocycles. The zero-order valence-corrected chi connectivity index (χ0v) is 20.3. The number of aromatic amines is 1. The van der Waals surface area contributed by atoms with Crippen LogP contribution in [0.5, 0.6) is 5.75 Å². The third-order valence-corrected chi connectivity index (χ3v) is 6.55. The predicted molar refractivity (Wildman–Crippen MR) is 130 cm³/mol. The molecule has 192 valence electrons. The molecule has 6 nitrogen and oxygen atoms in total. The Balaban J connectivity index is 1.37. The van der Waals surface area contributed by atoms with Crippen molar-refractivity contribution in [2.75, 3.05) is 13.2 Å². The number of hydroxylamine groups is 2. The second-order valence-corrected chi connectivity index (χ2v) is 9.80. The van der Waals surface area contributed by atoms with Gasteiger partial charge in [0.1, 0.15) is 18.2 Å². The molecule has 0 bridgehead atoms. The van der Waals surface area contributed by atoms with Gasteiger partial charge in [0.2, 0.25) is 0 Å². The molecule has 0 spiro atoms. The lowest BCUT2D eigenvalue weighted by Crippen LogP contribution is -2.45. The third kappa shape index (κ3) is 6.66. The maximum atomic E-state index is 12.8. The molecule has 0 saturated heterocycles. The van der Waals surface area contributed by atoms with Crippen molar-refractivity contribution < 1.29 is 27.5 Å². The highest BCUT2D eigenvalue weighted by Crippen LogP contribution is 2.37. The Hall–Kier alpha value is -3.33. The number of hydrogen-bond acceptors (Lipinski definition) is 5. The van der Waals surface area contributed by atoms with Crippen LogP contribution in [0.2, 0.25) is 0 Å². The van der Waals surface area contributed by atoms with Gasteiger partial charge in [0, 0.05) is 24.0 Å². The SMILES string of the molecule is CC1(C)CCC(N(CCOc2ccc(-c3cccc(-c4ncc[nH]4)c3)cc2)OC(=O)C(F)(F)F)CC1. The van der Waals surface area contributed by atoms with Gasteiger partial charge in [-0.05, 0) is 60.4 Å². The number of carbonyl (C=O) groups is 1. The zero-order chi connectivity index (χ0) is 25.8. The Morgan fingerprint density at radius 3 is 2.42 bits per heavy atom. The summed E-state index contributed by atoms with van der Waals surface area (Å²) < 4.78 is 44.3. The number of nitrogens with one attached hydrogen (secondary N) is 1. The van der Waals surface area contributed by atoms with Crippen molar-refractivity contribution in [2.45, 2.75) is 51.7 Å². The number of carbonyl (C=O) groups excluding carboxylic acids is 1. The molecule has 9 heteroatoms. The Labute approximate surface area is 208 Å². The van der Waals surface area contributed by atoms with E-state index in [1.807, 2.05) is 48.5 Å². The van der Waals surface area contributed by atoms with Gasteiger partial charge in [-0.1, -0.05) is 44.2 Å². The van der Waals surface area contributed by atoms with E-state index >= 15 is 0 Å². The molecule has 0 atom stereocenters. The van der Waals surface area contributed by atoms with Gasteiger partial charge >= 0.3 is 12.1 Å². The van der Waals surface area contributed by atoms with Gasteiger partial charge in [0.05, 0.1) is 6.54 Å². The number of halogens is 3. The maximum Gasteiger partial charge on any atom is 0.492 e. The normalized spacial score (nSPS) is 16.2. The molecule has 1 fully saturated rings. The number of ether oxygens (including phenoxy) is 1. The first-order valence-corrected chi connectivity index (χ1v) is 12.0. The van der Waals surface area contributed by atoms with E-state index < -0.39 is 12.1 Å². The van der Waals surface area contributed by atoms with Gasteiger partial charge in [-0.2, -0.15) is 13.2 Å². The lowest BCUT2D eigenvalue weighted by Gasteiger charge is -2.38. The number of alkyl halides is 3. The second-order valence-electron chi connectivity index (χ2n) is 9.80. The van der Waals surface area contributed by atoms with Crippen LogP contribution in [0.1, 0.15) is 39.5 Å². The fourth-order valence-electron chi connectivity index (χ4n) is 4.40. The van der Waals surface area contributed by atoms with Crippen molar-refractivity contribution in [3.63, 3.8) is 0 Å². The summed E-state index contributed by atoms with van der Waals surface area (Å²) in [4.78, 5) is 23.6. The van der Waals surface area contributed by atoms with Gasteiger partial charge in [-0.25, -0.2) is 9.78 Å². The highest BCUT2D eigenvalue weighted by Gasteiger charge is 2.44. The highest BCUT2D eigenvalue weighted by atomic mass is 19.4. The van der Waals surface area contributed by atoms with Crippen LogP contribution in [0.3, 0.4) is 0 Å². The van der Waals surface area contributed by atoms with Crippen LogP contribution >= 0.6 is 0 Å². The summed E-state index contributed by atoms with van der Waals surface area (Å²) in [5, 5.41) is 1.15.